The molecule has 0 radical (unpaired) electrons. The topological polar surface area (TPSA) is 95.9 Å². The molecule has 0 aromatic heterocycles. The van der Waals surface area contributed by atoms with Gasteiger partial charge in [-0.3, -0.25) is 9.59 Å². The normalized spacial score (nSPS) is 18.9. The lowest BCUT2D eigenvalue weighted by molar-refractivity contribution is -0.167. The Morgan fingerprint density at radius 1 is 1.06 bits per heavy atom. The Labute approximate surface area is 199 Å². The quantitative estimate of drug-likeness (QED) is 0.618. The van der Waals surface area contributed by atoms with E-state index in [0.29, 0.717) is 18.8 Å². The second-order valence-electron chi connectivity index (χ2n) is 9.83. The van der Waals surface area contributed by atoms with Crippen molar-refractivity contribution >= 4 is 18.0 Å². The molecule has 0 unspecified atom stereocenters. The van der Waals surface area contributed by atoms with Crippen molar-refractivity contribution < 1.29 is 24.2 Å². The number of benzene rings is 2. The number of ether oxygens (including phenoxy) is 1. The molecular weight excluding hydrogens is 432 g/mol. The average Bonchev–Trinajstić information content (AvgIpc) is 3.57. The minimum atomic E-state index is -0.873. The third-order valence-corrected chi connectivity index (χ3v) is 7.63. The average molecular weight is 463 g/mol. The van der Waals surface area contributed by atoms with Gasteiger partial charge in [0.2, 0.25) is 5.91 Å². The summed E-state index contributed by atoms with van der Waals surface area (Å²) in [6.07, 6.45) is 2.51. The maximum atomic E-state index is 13.1. The first-order valence-corrected chi connectivity index (χ1v) is 12.1. The molecule has 34 heavy (non-hydrogen) atoms. The van der Waals surface area contributed by atoms with Crippen LogP contribution in [-0.4, -0.2) is 53.7 Å². The van der Waals surface area contributed by atoms with Gasteiger partial charge < -0.3 is 20.1 Å². The van der Waals surface area contributed by atoms with Crippen LogP contribution < -0.4 is 5.32 Å². The number of carbonyl (C=O) groups excluding carboxylic acids is 2. The van der Waals surface area contributed by atoms with Crippen LogP contribution >= 0.6 is 0 Å². The number of carboxylic acid groups (broad SMARTS) is 1. The smallest absolute Gasteiger partial charge is 0.407 e. The molecule has 2 fully saturated rings. The molecule has 7 nitrogen and oxygen atoms in total. The molecule has 7 heteroatoms. The van der Waals surface area contributed by atoms with Crippen LogP contribution in [0.1, 0.15) is 49.7 Å². The Kier molecular flexibility index (Phi) is 5.80. The summed E-state index contributed by atoms with van der Waals surface area (Å²) in [6.45, 7) is 2.38. The number of likely N-dealkylation sites (tertiary alicyclic amines) is 1. The number of carbonyl (C=O) groups is 3. The van der Waals surface area contributed by atoms with Gasteiger partial charge in [0.25, 0.3) is 0 Å². The molecule has 1 aliphatic heterocycles. The van der Waals surface area contributed by atoms with Gasteiger partial charge in [0, 0.05) is 19.0 Å². The van der Waals surface area contributed by atoms with E-state index in [1.54, 1.807) is 4.90 Å². The highest BCUT2D eigenvalue weighted by molar-refractivity contribution is 5.89. The molecule has 1 saturated carbocycles. The van der Waals surface area contributed by atoms with E-state index in [2.05, 4.69) is 29.6 Å². The van der Waals surface area contributed by atoms with Crippen molar-refractivity contribution in [2.45, 2.75) is 44.6 Å². The highest BCUT2D eigenvalue weighted by Crippen LogP contribution is 2.44. The van der Waals surface area contributed by atoms with Crippen LogP contribution in [0.3, 0.4) is 0 Å². The summed E-state index contributed by atoms with van der Waals surface area (Å²) in [7, 11) is 0. The maximum Gasteiger partial charge on any atom is 0.407 e. The highest BCUT2D eigenvalue weighted by atomic mass is 16.5. The van der Waals surface area contributed by atoms with Crippen LogP contribution in [0.2, 0.25) is 0 Å². The van der Waals surface area contributed by atoms with E-state index in [9.17, 15) is 19.5 Å². The second-order valence-corrected chi connectivity index (χ2v) is 9.83. The highest BCUT2D eigenvalue weighted by Gasteiger charge is 2.51. The summed E-state index contributed by atoms with van der Waals surface area (Å²) in [4.78, 5) is 39.0. The van der Waals surface area contributed by atoms with Crippen LogP contribution in [-0.2, 0) is 14.3 Å². The molecule has 1 saturated heterocycles. The third-order valence-electron chi connectivity index (χ3n) is 7.63. The minimum absolute atomic E-state index is 0.0492. The zero-order chi connectivity index (χ0) is 23.9. The van der Waals surface area contributed by atoms with Crippen LogP contribution in [0, 0.1) is 11.3 Å². The number of rotatable bonds is 8. The summed E-state index contributed by atoms with van der Waals surface area (Å²) in [6, 6.07) is 15.6. The molecule has 178 valence electrons. The van der Waals surface area contributed by atoms with E-state index in [-0.39, 0.29) is 31.5 Å². The fourth-order valence-corrected chi connectivity index (χ4v) is 5.26. The van der Waals surface area contributed by atoms with Gasteiger partial charge >= 0.3 is 12.1 Å². The van der Waals surface area contributed by atoms with Gasteiger partial charge in [-0.05, 0) is 41.0 Å². The fraction of sp³-hybridized carbons (Fsp3) is 0.444. The zero-order valence-electron chi connectivity index (χ0n) is 19.3. The molecule has 2 aromatic carbocycles. The first-order valence-electron chi connectivity index (χ1n) is 12.1. The van der Waals surface area contributed by atoms with Crippen molar-refractivity contribution in [2.75, 3.05) is 19.7 Å². The van der Waals surface area contributed by atoms with E-state index in [1.807, 2.05) is 31.2 Å². The van der Waals surface area contributed by atoms with Crippen LogP contribution in [0.5, 0.6) is 0 Å². The fourth-order valence-electron chi connectivity index (χ4n) is 5.26. The molecule has 2 aliphatic carbocycles. The lowest BCUT2D eigenvalue weighted by atomic mass is 9.77. The number of amides is 2. The van der Waals surface area contributed by atoms with Crippen molar-refractivity contribution in [2.24, 2.45) is 11.3 Å². The van der Waals surface area contributed by atoms with Gasteiger partial charge in [-0.1, -0.05) is 68.3 Å². The van der Waals surface area contributed by atoms with Gasteiger partial charge in [0.15, 0.2) is 0 Å². The summed E-state index contributed by atoms with van der Waals surface area (Å²) >= 11 is 0. The van der Waals surface area contributed by atoms with Crippen molar-refractivity contribution in [3.63, 3.8) is 0 Å². The molecule has 2 aromatic rings. The van der Waals surface area contributed by atoms with Crippen molar-refractivity contribution in [3.05, 3.63) is 59.7 Å². The third kappa shape index (κ3) is 4.04. The van der Waals surface area contributed by atoms with E-state index < -0.39 is 23.5 Å². The molecule has 0 spiro atoms. The largest absolute Gasteiger partial charge is 0.481 e. The Hall–Kier alpha value is -3.35. The number of aliphatic carboxylic acids is 1. The molecule has 3 aliphatic rings. The van der Waals surface area contributed by atoms with Gasteiger partial charge in [-0.2, -0.15) is 0 Å². The number of hydrogen-bond donors (Lipinski definition) is 2. The number of nitrogens with one attached hydrogen (secondary N) is 1. The predicted molar refractivity (Wildman–Crippen MR) is 126 cm³/mol. The second kappa shape index (κ2) is 8.78. The maximum absolute atomic E-state index is 13.1. The van der Waals surface area contributed by atoms with Crippen LogP contribution in [0.25, 0.3) is 11.1 Å². The first kappa shape index (κ1) is 22.4. The van der Waals surface area contributed by atoms with Crippen molar-refractivity contribution in [1.29, 1.82) is 0 Å². The number of nitrogens with zero attached hydrogens (tertiary/aromatic N) is 1. The van der Waals surface area contributed by atoms with E-state index in [1.165, 1.54) is 0 Å². The molecule has 2 N–H and O–H groups in total. The lowest BCUT2D eigenvalue weighted by Gasteiger charge is -2.47. The molecule has 0 bridgehead atoms. The standard InChI is InChI=1S/C27H30N2O5/c1-2-27(25(31)32)15-29(16-27)24(30)23(13-17-11-12-17)28-26(33)34-14-22-20-9-5-3-7-18(20)19-8-4-6-10-21(19)22/h3-10,17,22-23H,2,11-16H2,1H3,(H,28,33)(H,31,32)/t23-/m0/s1. The summed E-state index contributed by atoms with van der Waals surface area (Å²) in [5, 5.41) is 12.3. The van der Waals surface area contributed by atoms with E-state index in [4.69, 9.17) is 4.74 Å². The van der Waals surface area contributed by atoms with E-state index >= 15 is 0 Å². The van der Waals surface area contributed by atoms with Crippen molar-refractivity contribution in [3.8, 4) is 11.1 Å². The molecule has 1 atom stereocenters. The zero-order valence-corrected chi connectivity index (χ0v) is 19.3. The number of carboxylic acids is 1. The first-order chi connectivity index (χ1) is 16.4. The molecule has 1 heterocycles. The predicted octanol–water partition coefficient (Wildman–Crippen LogP) is 4.02. The lowest BCUT2D eigenvalue weighted by Crippen LogP contribution is -2.65. The Morgan fingerprint density at radius 3 is 2.18 bits per heavy atom. The molecular formula is C27H30N2O5. The summed E-state index contributed by atoms with van der Waals surface area (Å²) in [5.74, 6) is -0.723. The SMILES string of the molecule is CCC1(C(=O)O)CN(C(=O)[C@H](CC2CC2)NC(=O)OCC2c3ccccc3-c3ccccc32)C1. The van der Waals surface area contributed by atoms with Crippen LogP contribution in [0.4, 0.5) is 4.79 Å². The molecule has 2 amide bonds. The van der Waals surface area contributed by atoms with E-state index in [0.717, 1.165) is 35.1 Å². The van der Waals surface area contributed by atoms with Crippen LogP contribution in [0.15, 0.2) is 48.5 Å². The van der Waals surface area contributed by atoms with Gasteiger partial charge in [0.05, 0.1) is 0 Å². The summed E-state index contributed by atoms with van der Waals surface area (Å²) in [5.41, 5.74) is 3.71. The van der Waals surface area contributed by atoms with Gasteiger partial charge in [0.1, 0.15) is 18.1 Å². The Bertz CT molecular complexity index is 1070. The van der Waals surface area contributed by atoms with Gasteiger partial charge in [-0.25, -0.2) is 4.79 Å². The number of hydrogen-bond acceptors (Lipinski definition) is 4. The number of fused-ring (bicyclic) bond motifs is 3. The molecule has 5 rings (SSSR count). The monoisotopic (exact) mass is 462 g/mol. The Balaban J connectivity index is 1.23. The Morgan fingerprint density at radius 2 is 1.65 bits per heavy atom. The number of alkyl carbamates (subject to hydrolysis) is 1. The van der Waals surface area contributed by atoms with Crippen molar-refractivity contribution in [1.82, 2.24) is 10.2 Å². The summed E-state index contributed by atoms with van der Waals surface area (Å²) < 4.78 is 5.64. The van der Waals surface area contributed by atoms with Gasteiger partial charge in [-0.15, -0.1) is 0 Å². The minimum Gasteiger partial charge on any atom is -0.481 e.